The summed E-state index contributed by atoms with van der Waals surface area (Å²) in [6.07, 6.45) is 3.61. The van der Waals surface area contributed by atoms with E-state index in [0.717, 1.165) is 49.4 Å². The molecule has 0 saturated heterocycles. The van der Waals surface area contributed by atoms with Gasteiger partial charge in [0.1, 0.15) is 5.75 Å². The van der Waals surface area contributed by atoms with Gasteiger partial charge in [-0.3, -0.25) is 4.99 Å². The van der Waals surface area contributed by atoms with Gasteiger partial charge in [0.15, 0.2) is 17.5 Å². The minimum absolute atomic E-state index is 0.557. The molecule has 0 spiro atoms. The molecule has 1 aliphatic carbocycles. The Hall–Kier alpha value is -2.15. The van der Waals surface area contributed by atoms with Crippen molar-refractivity contribution < 1.29 is 18.9 Å². The van der Waals surface area contributed by atoms with Crippen LogP contribution in [0.3, 0.4) is 0 Å². The highest BCUT2D eigenvalue weighted by Crippen LogP contribution is 2.34. The van der Waals surface area contributed by atoms with Gasteiger partial charge in [-0.2, -0.15) is 0 Å². The second-order valence-electron chi connectivity index (χ2n) is 6.24. The maximum absolute atomic E-state index is 5.64. The highest BCUT2D eigenvalue weighted by molar-refractivity contribution is 5.79. The average molecular weight is 365 g/mol. The number of nitrogens with zero attached hydrogens (tertiary/aromatic N) is 1. The first-order valence-corrected chi connectivity index (χ1v) is 9.03. The number of hydrogen-bond acceptors (Lipinski definition) is 5. The van der Waals surface area contributed by atoms with Gasteiger partial charge in [0, 0.05) is 45.0 Å². The van der Waals surface area contributed by atoms with E-state index in [9.17, 15) is 0 Å². The van der Waals surface area contributed by atoms with Crippen molar-refractivity contribution in [2.45, 2.75) is 25.8 Å². The normalized spacial score (nSPS) is 14.1. The zero-order chi connectivity index (χ0) is 18.8. The standard InChI is InChI=1S/C19H31N3O4/c1-20-19(21-8-5-9-26-13-14-6-7-14)22-12-15-10-17(24-3)18(25-4)11-16(15)23-2/h10-11,14H,5-9,12-13H2,1-4H3,(H2,20,21,22). The lowest BCUT2D eigenvalue weighted by Crippen LogP contribution is -2.37. The third kappa shape index (κ3) is 6.29. The fraction of sp³-hybridized carbons (Fsp3) is 0.632. The molecule has 2 rings (SSSR count). The molecule has 1 aliphatic rings. The molecule has 0 unspecified atom stereocenters. The Morgan fingerprint density at radius 2 is 1.73 bits per heavy atom. The Labute approximate surface area is 156 Å². The molecule has 0 bridgehead atoms. The molecule has 1 aromatic carbocycles. The number of methoxy groups -OCH3 is 3. The zero-order valence-electron chi connectivity index (χ0n) is 16.3. The molecule has 7 nitrogen and oxygen atoms in total. The van der Waals surface area contributed by atoms with Gasteiger partial charge in [0.2, 0.25) is 0 Å². The van der Waals surface area contributed by atoms with Gasteiger partial charge >= 0.3 is 0 Å². The van der Waals surface area contributed by atoms with E-state index in [4.69, 9.17) is 18.9 Å². The van der Waals surface area contributed by atoms with Crippen molar-refractivity contribution in [2.24, 2.45) is 10.9 Å². The van der Waals surface area contributed by atoms with E-state index in [1.165, 1.54) is 12.8 Å². The summed E-state index contributed by atoms with van der Waals surface area (Å²) in [5, 5.41) is 6.58. The molecule has 0 atom stereocenters. The van der Waals surface area contributed by atoms with Crippen LogP contribution in [-0.4, -0.2) is 54.1 Å². The van der Waals surface area contributed by atoms with E-state index in [0.29, 0.717) is 18.0 Å². The monoisotopic (exact) mass is 365 g/mol. The first-order valence-electron chi connectivity index (χ1n) is 9.03. The third-order valence-electron chi connectivity index (χ3n) is 4.26. The molecule has 0 aliphatic heterocycles. The Morgan fingerprint density at radius 3 is 2.35 bits per heavy atom. The van der Waals surface area contributed by atoms with Crippen LogP contribution < -0.4 is 24.8 Å². The summed E-state index contributed by atoms with van der Waals surface area (Å²) in [7, 11) is 6.62. The number of ether oxygens (including phenoxy) is 4. The molecule has 1 aromatic rings. The predicted molar refractivity (Wildman–Crippen MR) is 102 cm³/mol. The third-order valence-corrected chi connectivity index (χ3v) is 4.26. The molecular formula is C19H31N3O4. The van der Waals surface area contributed by atoms with Gasteiger partial charge in [-0.25, -0.2) is 0 Å². The first-order chi connectivity index (χ1) is 12.7. The molecule has 26 heavy (non-hydrogen) atoms. The van der Waals surface area contributed by atoms with Gasteiger partial charge < -0.3 is 29.6 Å². The summed E-state index contributed by atoms with van der Waals surface area (Å²) < 4.78 is 21.8. The largest absolute Gasteiger partial charge is 0.496 e. The van der Waals surface area contributed by atoms with Crippen LogP contribution >= 0.6 is 0 Å². The summed E-state index contributed by atoms with van der Waals surface area (Å²) >= 11 is 0. The summed E-state index contributed by atoms with van der Waals surface area (Å²) in [6.45, 7) is 3.06. The van der Waals surface area contributed by atoms with E-state index in [1.54, 1.807) is 28.4 Å². The van der Waals surface area contributed by atoms with E-state index in [2.05, 4.69) is 15.6 Å². The highest BCUT2D eigenvalue weighted by Gasteiger charge is 2.20. The SMILES string of the molecule is CN=C(NCCCOCC1CC1)NCc1cc(OC)c(OC)cc1OC. The minimum atomic E-state index is 0.557. The van der Waals surface area contributed by atoms with Crippen molar-refractivity contribution in [2.75, 3.05) is 48.1 Å². The maximum atomic E-state index is 5.64. The van der Waals surface area contributed by atoms with Crippen molar-refractivity contribution in [3.63, 3.8) is 0 Å². The minimum Gasteiger partial charge on any atom is -0.496 e. The molecule has 0 radical (unpaired) electrons. The molecule has 1 fully saturated rings. The number of benzene rings is 1. The van der Waals surface area contributed by atoms with Crippen LogP contribution in [0, 0.1) is 5.92 Å². The second kappa shape index (κ2) is 10.8. The highest BCUT2D eigenvalue weighted by atomic mass is 16.5. The maximum Gasteiger partial charge on any atom is 0.191 e. The summed E-state index contributed by atoms with van der Waals surface area (Å²) in [5.74, 6) is 3.60. The molecule has 0 heterocycles. The molecule has 0 aromatic heterocycles. The van der Waals surface area contributed by atoms with Crippen molar-refractivity contribution in [3.8, 4) is 17.2 Å². The van der Waals surface area contributed by atoms with Crippen LogP contribution in [0.15, 0.2) is 17.1 Å². The van der Waals surface area contributed by atoms with Crippen LogP contribution in [0.4, 0.5) is 0 Å². The topological polar surface area (TPSA) is 73.3 Å². The van der Waals surface area contributed by atoms with Crippen molar-refractivity contribution in [1.29, 1.82) is 0 Å². The lowest BCUT2D eigenvalue weighted by atomic mass is 10.1. The fourth-order valence-electron chi connectivity index (χ4n) is 2.55. The van der Waals surface area contributed by atoms with Crippen LogP contribution in [0.25, 0.3) is 0 Å². The second-order valence-corrected chi connectivity index (χ2v) is 6.24. The van der Waals surface area contributed by atoms with Gasteiger partial charge in [0.05, 0.1) is 21.3 Å². The van der Waals surface area contributed by atoms with Gasteiger partial charge in [-0.1, -0.05) is 0 Å². The summed E-state index contributed by atoms with van der Waals surface area (Å²) in [5.41, 5.74) is 0.959. The number of guanidine groups is 1. The van der Waals surface area contributed by atoms with Crippen molar-refractivity contribution >= 4 is 5.96 Å². The predicted octanol–water partition coefficient (Wildman–Crippen LogP) is 2.19. The molecular weight excluding hydrogens is 334 g/mol. The average Bonchev–Trinajstić information content (AvgIpc) is 3.50. The summed E-state index contributed by atoms with van der Waals surface area (Å²) in [4.78, 5) is 4.25. The lowest BCUT2D eigenvalue weighted by Gasteiger charge is -2.16. The van der Waals surface area contributed by atoms with E-state index in [1.807, 2.05) is 12.1 Å². The number of rotatable bonds is 11. The van der Waals surface area contributed by atoms with Crippen LogP contribution in [0.5, 0.6) is 17.2 Å². The fourth-order valence-corrected chi connectivity index (χ4v) is 2.55. The van der Waals surface area contributed by atoms with Gasteiger partial charge in [-0.15, -0.1) is 0 Å². The quantitative estimate of drug-likeness (QED) is 0.356. The van der Waals surface area contributed by atoms with Gasteiger partial charge in [0.25, 0.3) is 0 Å². The lowest BCUT2D eigenvalue weighted by molar-refractivity contribution is 0.123. The van der Waals surface area contributed by atoms with Crippen LogP contribution in [0.1, 0.15) is 24.8 Å². The molecule has 0 amide bonds. The molecule has 1 saturated carbocycles. The zero-order valence-corrected chi connectivity index (χ0v) is 16.3. The van der Waals surface area contributed by atoms with E-state index < -0.39 is 0 Å². The number of hydrogen-bond donors (Lipinski definition) is 2. The van der Waals surface area contributed by atoms with Gasteiger partial charge in [-0.05, 0) is 31.2 Å². The van der Waals surface area contributed by atoms with Crippen molar-refractivity contribution in [1.82, 2.24) is 10.6 Å². The number of aliphatic imine (C=N–C) groups is 1. The molecule has 146 valence electrons. The Morgan fingerprint density at radius 1 is 1.04 bits per heavy atom. The van der Waals surface area contributed by atoms with Crippen LogP contribution in [0.2, 0.25) is 0 Å². The first kappa shape index (κ1) is 20.2. The molecule has 2 N–H and O–H groups in total. The van der Waals surface area contributed by atoms with E-state index in [-0.39, 0.29) is 0 Å². The van der Waals surface area contributed by atoms with Crippen LogP contribution in [-0.2, 0) is 11.3 Å². The number of nitrogens with one attached hydrogen (secondary N) is 2. The van der Waals surface area contributed by atoms with Crippen molar-refractivity contribution in [3.05, 3.63) is 17.7 Å². The summed E-state index contributed by atoms with van der Waals surface area (Å²) in [6, 6.07) is 3.73. The Bertz CT molecular complexity index is 588. The van der Waals surface area contributed by atoms with E-state index >= 15 is 0 Å². The Kier molecular flexibility index (Phi) is 8.34. The molecule has 7 heteroatoms. The Balaban J connectivity index is 1.79. The smallest absolute Gasteiger partial charge is 0.191 e.